The molecule has 6 fully saturated rings. The van der Waals surface area contributed by atoms with Gasteiger partial charge >= 0.3 is 0 Å². The van der Waals surface area contributed by atoms with E-state index >= 15 is 0 Å². The summed E-state index contributed by atoms with van der Waals surface area (Å²) in [5.74, 6) is 2.64. The number of hydrogen-bond donors (Lipinski definition) is 3. The van der Waals surface area contributed by atoms with Crippen molar-refractivity contribution in [1.29, 1.82) is 0 Å². The molecule has 0 aromatic rings. The van der Waals surface area contributed by atoms with Crippen LogP contribution in [0.1, 0.15) is 70.6 Å². The number of carbonyl (C=O) groups is 1. The van der Waals surface area contributed by atoms with Crippen LogP contribution >= 0.6 is 0 Å². The van der Waals surface area contributed by atoms with Crippen molar-refractivity contribution in [2.45, 2.75) is 94.6 Å². The first-order chi connectivity index (χ1) is 14.6. The molecule has 5 saturated carbocycles. The maximum atomic E-state index is 11.6. The van der Waals surface area contributed by atoms with Gasteiger partial charge in [0.15, 0.2) is 6.29 Å². The second-order valence-corrected chi connectivity index (χ2v) is 11.1. The van der Waals surface area contributed by atoms with Gasteiger partial charge in [-0.2, -0.15) is 0 Å². The molecule has 3 N–H and O–H groups in total. The van der Waals surface area contributed by atoms with Gasteiger partial charge in [0.2, 0.25) is 5.91 Å². The van der Waals surface area contributed by atoms with Crippen molar-refractivity contribution in [1.82, 2.24) is 15.5 Å². The standard InChI is InChI=1S/C24H36N4O2/c29-21-6-5-19(14-25-21)26-23-27-20(16-3-1-2-4-16)7-8-28(23)22-17-9-15-10-18(22)13-24(30,11-15)12-17/h7-8,15-19,22-23,26,30H,1-6,9-14H2,(H,25,29)/t15?,17?,18?,19-,22?,23?,24?/m1/s1. The summed E-state index contributed by atoms with van der Waals surface area (Å²) in [6, 6.07) is 0.749. The smallest absolute Gasteiger partial charge is 0.220 e. The molecule has 30 heavy (non-hydrogen) atoms. The van der Waals surface area contributed by atoms with Crippen molar-refractivity contribution in [3.05, 3.63) is 12.3 Å². The summed E-state index contributed by atoms with van der Waals surface area (Å²) >= 11 is 0. The van der Waals surface area contributed by atoms with Crippen LogP contribution in [0.5, 0.6) is 0 Å². The lowest BCUT2D eigenvalue weighted by Crippen LogP contribution is -2.65. The first-order valence-electron chi connectivity index (χ1n) is 12.3. The largest absolute Gasteiger partial charge is 0.390 e. The number of hydrogen-bond acceptors (Lipinski definition) is 5. The second kappa shape index (κ2) is 7.33. The Hall–Kier alpha value is -1.40. The van der Waals surface area contributed by atoms with E-state index in [9.17, 15) is 9.90 Å². The fraction of sp³-hybridized carbons (Fsp3) is 0.833. The third-order valence-corrected chi connectivity index (χ3v) is 8.93. The highest BCUT2D eigenvalue weighted by Gasteiger charge is 2.56. The molecule has 6 heteroatoms. The minimum atomic E-state index is -0.401. The number of amides is 1. The lowest BCUT2D eigenvalue weighted by molar-refractivity contribution is -0.159. The molecule has 1 amide bonds. The maximum absolute atomic E-state index is 11.6. The fourth-order valence-electron chi connectivity index (χ4n) is 7.87. The van der Waals surface area contributed by atoms with Gasteiger partial charge < -0.3 is 15.3 Å². The van der Waals surface area contributed by atoms with Crippen LogP contribution in [0.2, 0.25) is 0 Å². The maximum Gasteiger partial charge on any atom is 0.220 e. The summed E-state index contributed by atoms with van der Waals surface area (Å²) in [6.07, 6.45) is 16.7. The third kappa shape index (κ3) is 3.40. The van der Waals surface area contributed by atoms with Gasteiger partial charge in [0.1, 0.15) is 0 Å². The molecule has 7 aliphatic rings. The van der Waals surface area contributed by atoms with Crippen LogP contribution in [0.15, 0.2) is 17.3 Å². The van der Waals surface area contributed by atoms with Crippen LogP contribution in [-0.4, -0.2) is 52.1 Å². The van der Waals surface area contributed by atoms with Crippen molar-refractivity contribution >= 4 is 11.6 Å². The van der Waals surface area contributed by atoms with Crippen molar-refractivity contribution < 1.29 is 9.90 Å². The highest BCUT2D eigenvalue weighted by atomic mass is 16.3. The number of aliphatic imine (C=N–C) groups is 1. The molecule has 1 saturated heterocycles. The zero-order valence-corrected chi connectivity index (χ0v) is 17.9. The Balaban J connectivity index is 1.25. The summed E-state index contributed by atoms with van der Waals surface area (Å²) in [5.41, 5.74) is 0.866. The predicted molar refractivity (Wildman–Crippen MR) is 116 cm³/mol. The lowest BCUT2D eigenvalue weighted by atomic mass is 9.52. The van der Waals surface area contributed by atoms with Crippen molar-refractivity contribution in [2.24, 2.45) is 28.7 Å². The van der Waals surface area contributed by atoms with Gasteiger partial charge in [-0.15, -0.1) is 0 Å². The van der Waals surface area contributed by atoms with Crippen molar-refractivity contribution in [3.63, 3.8) is 0 Å². The van der Waals surface area contributed by atoms with Gasteiger partial charge in [-0.1, -0.05) is 12.8 Å². The molecule has 7 rings (SSSR count). The van der Waals surface area contributed by atoms with E-state index in [1.807, 2.05) is 0 Å². The topological polar surface area (TPSA) is 77.0 Å². The van der Waals surface area contributed by atoms with Gasteiger partial charge in [-0.3, -0.25) is 10.1 Å². The molecule has 0 aromatic carbocycles. The Labute approximate surface area is 179 Å². The van der Waals surface area contributed by atoms with Gasteiger partial charge in [-0.05, 0) is 75.2 Å². The van der Waals surface area contributed by atoms with Crippen LogP contribution in [0.3, 0.4) is 0 Å². The number of aliphatic hydroxyl groups is 1. The first kappa shape index (κ1) is 19.3. The number of rotatable bonds is 4. The van der Waals surface area contributed by atoms with E-state index < -0.39 is 5.60 Å². The molecule has 4 bridgehead atoms. The Kier molecular flexibility index (Phi) is 4.72. The molecule has 0 spiro atoms. The van der Waals surface area contributed by atoms with E-state index in [-0.39, 0.29) is 18.2 Å². The van der Waals surface area contributed by atoms with Crippen LogP contribution in [0.4, 0.5) is 0 Å². The molecule has 0 aromatic heterocycles. The molecule has 164 valence electrons. The minimum absolute atomic E-state index is 0.0391. The molecule has 0 radical (unpaired) electrons. The van der Waals surface area contributed by atoms with Crippen LogP contribution in [-0.2, 0) is 4.79 Å². The molecule has 3 unspecified atom stereocenters. The van der Waals surface area contributed by atoms with Gasteiger partial charge in [0, 0.05) is 42.9 Å². The Bertz CT molecular complexity index is 732. The Morgan fingerprint density at radius 1 is 1.13 bits per heavy atom. The zero-order chi connectivity index (χ0) is 20.3. The van der Waals surface area contributed by atoms with Gasteiger partial charge in [0.25, 0.3) is 0 Å². The van der Waals surface area contributed by atoms with E-state index in [1.54, 1.807) is 0 Å². The Morgan fingerprint density at radius 3 is 2.57 bits per heavy atom. The molecular weight excluding hydrogens is 376 g/mol. The predicted octanol–water partition coefficient (Wildman–Crippen LogP) is 2.54. The molecule has 4 atom stereocenters. The molecule has 6 nitrogen and oxygen atoms in total. The molecule has 2 heterocycles. The Morgan fingerprint density at radius 2 is 1.90 bits per heavy atom. The molecule has 5 aliphatic carbocycles. The summed E-state index contributed by atoms with van der Waals surface area (Å²) in [4.78, 5) is 19.4. The summed E-state index contributed by atoms with van der Waals surface area (Å²) < 4.78 is 0. The first-order valence-corrected chi connectivity index (χ1v) is 12.3. The second-order valence-electron chi connectivity index (χ2n) is 11.1. The van der Waals surface area contributed by atoms with E-state index in [0.717, 1.165) is 31.6 Å². The average Bonchev–Trinajstić information content (AvgIpc) is 3.24. The highest BCUT2D eigenvalue weighted by Crippen LogP contribution is 2.57. The normalized spacial score (nSPS) is 45.7. The quantitative estimate of drug-likeness (QED) is 0.663. The minimum Gasteiger partial charge on any atom is -0.390 e. The van der Waals surface area contributed by atoms with E-state index in [0.29, 0.717) is 36.8 Å². The lowest BCUT2D eigenvalue weighted by Gasteiger charge is -2.61. The highest BCUT2D eigenvalue weighted by molar-refractivity contribution is 5.97. The van der Waals surface area contributed by atoms with Crippen LogP contribution in [0.25, 0.3) is 0 Å². The SMILES string of the molecule is O=C1CC[C@@H](NC2N=C(C3CCCC3)C=CN2C2C3CC4CC2CC(O)(C4)C3)CN1. The fourth-order valence-corrected chi connectivity index (χ4v) is 7.87. The third-order valence-electron chi connectivity index (χ3n) is 8.93. The number of nitrogens with one attached hydrogen (secondary N) is 2. The zero-order valence-electron chi connectivity index (χ0n) is 17.9. The molecular formula is C24H36N4O2. The molecule has 2 aliphatic heterocycles. The van der Waals surface area contributed by atoms with Gasteiger partial charge in [-0.25, -0.2) is 4.99 Å². The van der Waals surface area contributed by atoms with E-state index in [1.165, 1.54) is 44.2 Å². The number of nitrogens with zero attached hydrogens (tertiary/aromatic N) is 2. The number of piperidine rings is 1. The summed E-state index contributed by atoms with van der Waals surface area (Å²) in [5, 5.41) is 17.9. The van der Waals surface area contributed by atoms with Crippen LogP contribution < -0.4 is 10.6 Å². The summed E-state index contributed by atoms with van der Waals surface area (Å²) in [6.45, 7) is 0.695. The van der Waals surface area contributed by atoms with Gasteiger partial charge in [0.05, 0.1) is 5.60 Å². The monoisotopic (exact) mass is 412 g/mol. The summed E-state index contributed by atoms with van der Waals surface area (Å²) in [7, 11) is 0. The van der Waals surface area contributed by atoms with E-state index in [4.69, 9.17) is 4.99 Å². The van der Waals surface area contributed by atoms with E-state index in [2.05, 4.69) is 27.8 Å². The van der Waals surface area contributed by atoms with Crippen LogP contribution in [0, 0.1) is 23.7 Å². The number of allylic oxidation sites excluding steroid dienone is 1. The average molecular weight is 413 g/mol. The number of carbonyl (C=O) groups excluding carboxylic acids is 1. The van der Waals surface area contributed by atoms with Crippen molar-refractivity contribution in [3.8, 4) is 0 Å². The van der Waals surface area contributed by atoms with Crippen molar-refractivity contribution in [2.75, 3.05) is 6.54 Å².